The van der Waals surface area contributed by atoms with Crippen LogP contribution in [-0.2, 0) is 5.60 Å². The van der Waals surface area contributed by atoms with Crippen LogP contribution in [0.2, 0.25) is 0 Å². The molecule has 1 unspecified atom stereocenters. The van der Waals surface area contributed by atoms with Crippen molar-refractivity contribution in [2.24, 2.45) is 0 Å². The average molecular weight is 330 g/mol. The highest BCUT2D eigenvalue weighted by Gasteiger charge is 2.31. The molecular formula is C24H26O. The lowest BCUT2D eigenvalue weighted by atomic mass is 9.88. The number of ether oxygens (including phenoxy) is 1. The van der Waals surface area contributed by atoms with Gasteiger partial charge in [0.1, 0.15) is 5.75 Å². The summed E-state index contributed by atoms with van der Waals surface area (Å²) in [7, 11) is 0. The monoisotopic (exact) mass is 330 g/mol. The normalized spacial score (nSPS) is 12.6. The molecule has 0 aliphatic heterocycles. The molecule has 0 saturated heterocycles. The van der Waals surface area contributed by atoms with E-state index in [9.17, 15) is 0 Å². The first-order valence-corrected chi connectivity index (χ1v) is 9.03. The maximum atomic E-state index is 6.54. The number of rotatable bonds is 6. The Hall–Kier alpha value is -2.54. The molecule has 1 heteroatoms. The maximum absolute atomic E-state index is 6.54. The molecule has 0 aromatic heterocycles. The van der Waals surface area contributed by atoms with Gasteiger partial charge in [-0.1, -0.05) is 86.6 Å². The highest BCUT2D eigenvalue weighted by molar-refractivity contribution is 5.38. The third-order valence-electron chi connectivity index (χ3n) is 5.03. The Kier molecular flexibility index (Phi) is 5.23. The molecule has 0 saturated carbocycles. The van der Waals surface area contributed by atoms with E-state index in [1.54, 1.807) is 0 Å². The quantitative estimate of drug-likeness (QED) is 0.498. The Bertz CT molecular complexity index is 736. The average Bonchev–Trinajstić information content (AvgIpc) is 2.69. The zero-order valence-electron chi connectivity index (χ0n) is 15.3. The molecule has 128 valence electrons. The van der Waals surface area contributed by atoms with Gasteiger partial charge in [-0.05, 0) is 48.1 Å². The van der Waals surface area contributed by atoms with Crippen LogP contribution in [0.25, 0.3) is 0 Å². The van der Waals surface area contributed by atoms with Crippen LogP contribution in [0.3, 0.4) is 0 Å². The molecule has 0 heterocycles. The molecule has 0 aliphatic carbocycles. The molecule has 25 heavy (non-hydrogen) atoms. The summed E-state index contributed by atoms with van der Waals surface area (Å²) in [4.78, 5) is 0. The Morgan fingerprint density at radius 2 is 1.24 bits per heavy atom. The van der Waals surface area contributed by atoms with Gasteiger partial charge >= 0.3 is 0 Å². The molecule has 0 fully saturated rings. The van der Waals surface area contributed by atoms with E-state index in [1.165, 1.54) is 5.56 Å². The van der Waals surface area contributed by atoms with Gasteiger partial charge in [-0.15, -0.1) is 0 Å². The standard InChI is InChI=1S/C24H26O/c1-4-19(2)20-15-17-23(18-16-20)25-24(3,21-11-7-5-8-12-21)22-13-9-6-10-14-22/h5-19H,4H2,1-3H3. The zero-order chi connectivity index (χ0) is 17.7. The Balaban J connectivity index is 1.96. The van der Waals surface area contributed by atoms with Crippen LogP contribution < -0.4 is 4.74 Å². The molecule has 0 N–H and O–H groups in total. The van der Waals surface area contributed by atoms with Gasteiger partial charge in [0, 0.05) is 0 Å². The first kappa shape index (κ1) is 17.3. The smallest absolute Gasteiger partial charge is 0.156 e. The van der Waals surface area contributed by atoms with E-state index in [0.717, 1.165) is 23.3 Å². The molecule has 0 spiro atoms. The van der Waals surface area contributed by atoms with E-state index < -0.39 is 5.60 Å². The van der Waals surface area contributed by atoms with Gasteiger partial charge in [-0.3, -0.25) is 0 Å². The van der Waals surface area contributed by atoms with Crippen LogP contribution in [0.4, 0.5) is 0 Å². The number of benzene rings is 3. The highest BCUT2D eigenvalue weighted by Crippen LogP contribution is 2.35. The van der Waals surface area contributed by atoms with Gasteiger partial charge in [-0.2, -0.15) is 0 Å². The summed E-state index contributed by atoms with van der Waals surface area (Å²) < 4.78 is 6.54. The van der Waals surface area contributed by atoms with E-state index in [-0.39, 0.29) is 0 Å². The topological polar surface area (TPSA) is 9.23 Å². The fourth-order valence-corrected chi connectivity index (χ4v) is 3.13. The molecule has 0 radical (unpaired) electrons. The van der Waals surface area contributed by atoms with Crippen molar-refractivity contribution in [3.8, 4) is 5.75 Å². The Morgan fingerprint density at radius 1 is 0.760 bits per heavy atom. The SMILES string of the molecule is CCC(C)c1ccc(OC(C)(c2ccccc2)c2ccccc2)cc1. The lowest BCUT2D eigenvalue weighted by Crippen LogP contribution is -2.30. The van der Waals surface area contributed by atoms with Crippen LogP contribution >= 0.6 is 0 Å². The van der Waals surface area contributed by atoms with Crippen molar-refractivity contribution in [2.45, 2.75) is 38.7 Å². The van der Waals surface area contributed by atoms with Gasteiger partial charge in [0.25, 0.3) is 0 Å². The van der Waals surface area contributed by atoms with Crippen molar-refractivity contribution in [1.82, 2.24) is 0 Å². The molecule has 0 aliphatic rings. The van der Waals surface area contributed by atoms with Crippen LogP contribution in [0, 0.1) is 0 Å². The summed E-state index contributed by atoms with van der Waals surface area (Å²) in [5.41, 5.74) is 3.12. The molecule has 3 rings (SSSR count). The van der Waals surface area contributed by atoms with Gasteiger partial charge in [-0.25, -0.2) is 0 Å². The van der Waals surface area contributed by atoms with E-state index in [1.807, 2.05) is 12.1 Å². The van der Waals surface area contributed by atoms with Gasteiger partial charge in [0.05, 0.1) is 0 Å². The molecule has 0 amide bonds. The van der Waals surface area contributed by atoms with E-state index in [4.69, 9.17) is 4.74 Å². The van der Waals surface area contributed by atoms with Crippen LogP contribution in [0.15, 0.2) is 84.9 Å². The summed E-state index contributed by atoms with van der Waals surface area (Å²) in [5.74, 6) is 1.46. The van der Waals surface area contributed by atoms with Gasteiger partial charge in [0.15, 0.2) is 5.60 Å². The summed E-state index contributed by atoms with van der Waals surface area (Å²) in [6.45, 7) is 6.62. The number of hydrogen-bond acceptors (Lipinski definition) is 1. The Morgan fingerprint density at radius 3 is 1.68 bits per heavy atom. The first-order valence-electron chi connectivity index (χ1n) is 9.03. The molecular weight excluding hydrogens is 304 g/mol. The van der Waals surface area contributed by atoms with Gasteiger partial charge in [0.2, 0.25) is 0 Å². The van der Waals surface area contributed by atoms with Crippen molar-refractivity contribution in [2.75, 3.05) is 0 Å². The van der Waals surface area contributed by atoms with Crippen molar-refractivity contribution in [1.29, 1.82) is 0 Å². The molecule has 1 atom stereocenters. The molecule has 1 nitrogen and oxygen atoms in total. The van der Waals surface area contributed by atoms with Gasteiger partial charge < -0.3 is 4.74 Å². The molecule has 0 bridgehead atoms. The second-order valence-electron chi connectivity index (χ2n) is 6.75. The maximum Gasteiger partial charge on any atom is 0.156 e. The van der Waals surface area contributed by atoms with Crippen LogP contribution in [0.5, 0.6) is 5.75 Å². The van der Waals surface area contributed by atoms with E-state index >= 15 is 0 Å². The molecule has 3 aromatic carbocycles. The van der Waals surface area contributed by atoms with E-state index in [2.05, 4.69) is 93.6 Å². The lowest BCUT2D eigenvalue weighted by Gasteiger charge is -2.32. The van der Waals surface area contributed by atoms with Crippen molar-refractivity contribution in [3.63, 3.8) is 0 Å². The highest BCUT2D eigenvalue weighted by atomic mass is 16.5. The second kappa shape index (κ2) is 7.57. The summed E-state index contributed by atoms with van der Waals surface area (Å²) in [6, 6.07) is 29.4. The third kappa shape index (κ3) is 3.76. The second-order valence-corrected chi connectivity index (χ2v) is 6.75. The fourth-order valence-electron chi connectivity index (χ4n) is 3.13. The first-order chi connectivity index (χ1) is 12.1. The van der Waals surface area contributed by atoms with Crippen LogP contribution in [0.1, 0.15) is 49.8 Å². The summed E-state index contributed by atoms with van der Waals surface area (Å²) in [5, 5.41) is 0. The predicted octanol–water partition coefficient (Wildman–Crippen LogP) is 6.54. The third-order valence-corrected chi connectivity index (χ3v) is 5.03. The summed E-state index contributed by atoms with van der Waals surface area (Å²) in [6.07, 6.45) is 1.14. The summed E-state index contributed by atoms with van der Waals surface area (Å²) >= 11 is 0. The number of hydrogen-bond donors (Lipinski definition) is 0. The zero-order valence-corrected chi connectivity index (χ0v) is 15.3. The minimum Gasteiger partial charge on any atom is -0.478 e. The molecule has 3 aromatic rings. The van der Waals surface area contributed by atoms with Crippen molar-refractivity contribution >= 4 is 0 Å². The minimum atomic E-state index is -0.527. The van der Waals surface area contributed by atoms with E-state index in [0.29, 0.717) is 5.92 Å². The largest absolute Gasteiger partial charge is 0.478 e. The van der Waals surface area contributed by atoms with Crippen LogP contribution in [-0.4, -0.2) is 0 Å². The Labute approximate surface area is 151 Å². The fraction of sp³-hybridized carbons (Fsp3) is 0.250. The predicted molar refractivity (Wildman–Crippen MR) is 105 cm³/mol. The van der Waals surface area contributed by atoms with Crippen molar-refractivity contribution in [3.05, 3.63) is 102 Å². The van der Waals surface area contributed by atoms with Crippen molar-refractivity contribution < 1.29 is 4.74 Å². The lowest BCUT2D eigenvalue weighted by molar-refractivity contribution is 0.132. The minimum absolute atomic E-state index is 0.527.